The lowest BCUT2D eigenvalue weighted by molar-refractivity contribution is -0.135. The maximum atomic E-state index is 12.1. The predicted octanol–water partition coefficient (Wildman–Crippen LogP) is 2.89. The van der Waals surface area contributed by atoms with Crippen LogP contribution in [-0.4, -0.2) is 29.8 Å². The van der Waals surface area contributed by atoms with E-state index in [9.17, 15) is 9.59 Å². The van der Waals surface area contributed by atoms with Gasteiger partial charge in [0.25, 0.3) is 0 Å². The third-order valence-electron chi connectivity index (χ3n) is 4.33. The zero-order chi connectivity index (χ0) is 15.4. The Labute approximate surface area is 126 Å². The Kier molecular flexibility index (Phi) is 4.99. The van der Waals surface area contributed by atoms with E-state index in [0.717, 1.165) is 42.7 Å². The summed E-state index contributed by atoms with van der Waals surface area (Å²) in [5.74, 6) is 0.384. The molecule has 0 atom stereocenters. The van der Waals surface area contributed by atoms with E-state index >= 15 is 0 Å². The van der Waals surface area contributed by atoms with Gasteiger partial charge >= 0.3 is 0 Å². The Hall–Kier alpha value is -1.84. The Bertz CT molecular complexity index is 532. The second-order valence-electron chi connectivity index (χ2n) is 6.04. The van der Waals surface area contributed by atoms with E-state index in [-0.39, 0.29) is 18.2 Å². The normalized spacial score (nSPS) is 15.9. The summed E-state index contributed by atoms with van der Waals surface area (Å²) in [6.07, 6.45) is 2.00. The molecule has 1 aliphatic rings. The topological polar surface area (TPSA) is 49.4 Å². The van der Waals surface area contributed by atoms with Crippen LogP contribution in [0.3, 0.4) is 0 Å². The van der Waals surface area contributed by atoms with Crippen molar-refractivity contribution in [2.45, 2.75) is 40.0 Å². The number of hydrogen-bond acceptors (Lipinski definition) is 2. The number of hydrogen-bond donors (Lipinski definition) is 1. The number of carbonyl (C=O) groups is 2. The summed E-state index contributed by atoms with van der Waals surface area (Å²) >= 11 is 0. The van der Waals surface area contributed by atoms with Crippen molar-refractivity contribution < 1.29 is 9.59 Å². The molecular formula is C17H24N2O2. The van der Waals surface area contributed by atoms with Crippen molar-refractivity contribution in [2.24, 2.45) is 5.92 Å². The van der Waals surface area contributed by atoms with Gasteiger partial charge in [-0.2, -0.15) is 0 Å². The van der Waals surface area contributed by atoms with Gasteiger partial charge in [0.2, 0.25) is 11.8 Å². The van der Waals surface area contributed by atoms with Crippen molar-refractivity contribution in [1.29, 1.82) is 0 Å². The van der Waals surface area contributed by atoms with E-state index in [1.165, 1.54) is 0 Å². The number of benzene rings is 1. The zero-order valence-corrected chi connectivity index (χ0v) is 13.1. The smallest absolute Gasteiger partial charge is 0.233 e. The van der Waals surface area contributed by atoms with E-state index in [0.29, 0.717) is 5.92 Å². The molecule has 2 rings (SSSR count). The van der Waals surface area contributed by atoms with Crippen LogP contribution in [0.1, 0.15) is 37.3 Å². The summed E-state index contributed by atoms with van der Waals surface area (Å²) < 4.78 is 0. The number of aryl methyl sites for hydroxylation is 1. The van der Waals surface area contributed by atoms with E-state index < -0.39 is 0 Å². The molecule has 1 N–H and O–H groups in total. The minimum atomic E-state index is -0.229. The lowest BCUT2D eigenvalue weighted by Crippen LogP contribution is -2.39. The summed E-state index contributed by atoms with van der Waals surface area (Å²) in [5.41, 5.74) is 2.97. The number of anilines is 1. The van der Waals surface area contributed by atoms with Crippen LogP contribution in [0.15, 0.2) is 18.2 Å². The minimum absolute atomic E-state index is 0.0651. The van der Waals surface area contributed by atoms with Gasteiger partial charge in [0, 0.05) is 18.8 Å². The Morgan fingerprint density at radius 2 is 1.90 bits per heavy atom. The van der Waals surface area contributed by atoms with Gasteiger partial charge in [0.05, 0.1) is 0 Å². The first-order valence-electron chi connectivity index (χ1n) is 7.61. The number of nitrogens with one attached hydrogen (secondary N) is 1. The highest BCUT2D eigenvalue weighted by Crippen LogP contribution is 2.19. The summed E-state index contributed by atoms with van der Waals surface area (Å²) in [5, 5.41) is 2.84. The van der Waals surface area contributed by atoms with Crippen LogP contribution < -0.4 is 5.32 Å². The number of likely N-dealkylation sites (tertiary alicyclic amines) is 1. The van der Waals surface area contributed by atoms with Gasteiger partial charge in [-0.1, -0.05) is 19.1 Å². The molecule has 0 bridgehead atoms. The van der Waals surface area contributed by atoms with Crippen molar-refractivity contribution in [3.05, 3.63) is 29.3 Å². The van der Waals surface area contributed by atoms with Crippen molar-refractivity contribution in [1.82, 2.24) is 4.90 Å². The summed E-state index contributed by atoms with van der Waals surface area (Å²) in [7, 11) is 0. The van der Waals surface area contributed by atoms with E-state index in [4.69, 9.17) is 0 Å². The highest BCUT2D eigenvalue weighted by molar-refractivity contribution is 6.03. The molecule has 1 heterocycles. The molecule has 1 aromatic carbocycles. The number of carbonyl (C=O) groups excluding carboxylic acids is 2. The molecule has 0 unspecified atom stereocenters. The Morgan fingerprint density at radius 3 is 2.57 bits per heavy atom. The van der Waals surface area contributed by atoms with Crippen LogP contribution in [-0.2, 0) is 9.59 Å². The van der Waals surface area contributed by atoms with Crippen LogP contribution in [0.25, 0.3) is 0 Å². The Morgan fingerprint density at radius 1 is 1.24 bits per heavy atom. The second kappa shape index (κ2) is 6.74. The number of nitrogens with zero attached hydrogens (tertiary/aromatic N) is 1. The average Bonchev–Trinajstić information content (AvgIpc) is 2.44. The lowest BCUT2D eigenvalue weighted by atomic mass is 9.99. The molecule has 1 fully saturated rings. The monoisotopic (exact) mass is 288 g/mol. The largest absolute Gasteiger partial charge is 0.342 e. The molecule has 0 radical (unpaired) electrons. The minimum Gasteiger partial charge on any atom is -0.342 e. The molecule has 1 aliphatic heterocycles. The highest BCUT2D eigenvalue weighted by Gasteiger charge is 2.22. The molecule has 21 heavy (non-hydrogen) atoms. The van der Waals surface area contributed by atoms with E-state index in [2.05, 4.69) is 12.2 Å². The zero-order valence-electron chi connectivity index (χ0n) is 13.1. The first kappa shape index (κ1) is 15.5. The molecule has 1 aromatic rings. The number of amides is 2. The average molecular weight is 288 g/mol. The fourth-order valence-corrected chi connectivity index (χ4v) is 2.59. The Balaban J connectivity index is 1.89. The van der Waals surface area contributed by atoms with Crippen LogP contribution in [0.5, 0.6) is 0 Å². The van der Waals surface area contributed by atoms with Crippen molar-refractivity contribution in [3.8, 4) is 0 Å². The molecule has 0 aliphatic carbocycles. The molecular weight excluding hydrogens is 264 g/mol. The molecule has 1 saturated heterocycles. The van der Waals surface area contributed by atoms with Crippen LogP contribution in [0, 0.1) is 19.8 Å². The predicted molar refractivity (Wildman–Crippen MR) is 84.1 cm³/mol. The van der Waals surface area contributed by atoms with Crippen molar-refractivity contribution >= 4 is 17.5 Å². The van der Waals surface area contributed by atoms with Crippen LogP contribution in [0.2, 0.25) is 0 Å². The van der Waals surface area contributed by atoms with Crippen LogP contribution in [0.4, 0.5) is 5.69 Å². The number of rotatable bonds is 3. The maximum Gasteiger partial charge on any atom is 0.233 e. The first-order chi connectivity index (χ1) is 9.97. The van der Waals surface area contributed by atoms with Crippen LogP contribution >= 0.6 is 0 Å². The number of piperidine rings is 1. The second-order valence-corrected chi connectivity index (χ2v) is 6.04. The van der Waals surface area contributed by atoms with Gasteiger partial charge < -0.3 is 10.2 Å². The lowest BCUT2D eigenvalue weighted by Gasteiger charge is -2.30. The van der Waals surface area contributed by atoms with Crippen molar-refractivity contribution in [2.75, 3.05) is 18.4 Å². The highest BCUT2D eigenvalue weighted by atomic mass is 16.2. The van der Waals surface area contributed by atoms with Gasteiger partial charge in [-0.05, 0) is 49.8 Å². The third kappa shape index (κ3) is 4.06. The van der Waals surface area contributed by atoms with Gasteiger partial charge in [-0.25, -0.2) is 0 Å². The van der Waals surface area contributed by atoms with E-state index in [1.807, 2.05) is 36.9 Å². The van der Waals surface area contributed by atoms with Gasteiger partial charge in [0.1, 0.15) is 6.42 Å². The SMILES string of the molecule is Cc1cccc(NC(=O)CC(=O)N2CCC(C)CC2)c1C. The molecule has 4 heteroatoms. The quantitative estimate of drug-likeness (QED) is 0.869. The molecule has 114 valence electrons. The van der Waals surface area contributed by atoms with Gasteiger partial charge in [-0.3, -0.25) is 9.59 Å². The maximum absolute atomic E-state index is 12.1. The standard InChI is InChI=1S/C17H24N2O2/c1-12-7-9-19(10-8-12)17(21)11-16(20)18-15-6-4-5-13(2)14(15)3/h4-6,12H,7-11H2,1-3H3,(H,18,20). The first-order valence-corrected chi connectivity index (χ1v) is 7.61. The van der Waals surface area contributed by atoms with Gasteiger partial charge in [0.15, 0.2) is 0 Å². The summed E-state index contributed by atoms with van der Waals surface area (Å²) in [6.45, 7) is 7.73. The molecule has 0 spiro atoms. The summed E-state index contributed by atoms with van der Waals surface area (Å²) in [4.78, 5) is 26.0. The fraction of sp³-hybridized carbons (Fsp3) is 0.529. The molecule has 4 nitrogen and oxygen atoms in total. The summed E-state index contributed by atoms with van der Waals surface area (Å²) in [6, 6.07) is 5.78. The van der Waals surface area contributed by atoms with Crippen molar-refractivity contribution in [3.63, 3.8) is 0 Å². The third-order valence-corrected chi connectivity index (χ3v) is 4.33. The van der Waals surface area contributed by atoms with E-state index in [1.54, 1.807) is 0 Å². The molecule has 0 aromatic heterocycles. The fourth-order valence-electron chi connectivity index (χ4n) is 2.59. The molecule has 0 saturated carbocycles. The molecule has 2 amide bonds. The van der Waals surface area contributed by atoms with Gasteiger partial charge in [-0.15, -0.1) is 0 Å².